The van der Waals surface area contributed by atoms with Gasteiger partial charge in [0.25, 0.3) is 0 Å². The van der Waals surface area contributed by atoms with Crippen LogP contribution < -0.4 is 9.46 Å². The average Bonchev–Trinajstić information content (AvgIpc) is 2.31. The molecule has 0 aliphatic carbocycles. The first-order valence-corrected chi connectivity index (χ1v) is 7.13. The number of rotatable bonds is 6. The Balaban J connectivity index is 3.02. The van der Waals surface area contributed by atoms with E-state index in [1.807, 2.05) is 0 Å². The van der Waals surface area contributed by atoms with Crippen LogP contribution >= 0.6 is 0 Å². The molecule has 0 bridgehead atoms. The van der Waals surface area contributed by atoms with Gasteiger partial charge < -0.3 is 9.84 Å². The number of carbonyl (C=O) groups is 1. The second-order valence-corrected chi connectivity index (χ2v) is 5.79. The summed E-state index contributed by atoms with van der Waals surface area (Å²) in [4.78, 5) is 10.5. The summed E-state index contributed by atoms with van der Waals surface area (Å²) in [7, 11) is -2.19. The number of carboxylic acids is 1. The first-order valence-electron chi connectivity index (χ1n) is 5.65. The lowest BCUT2D eigenvalue weighted by Gasteiger charge is -2.13. The maximum absolute atomic E-state index is 12.0. The maximum Gasteiger partial charge on any atom is 0.304 e. The zero-order valence-electron chi connectivity index (χ0n) is 11.1. The van der Waals surface area contributed by atoms with Gasteiger partial charge in [0.05, 0.1) is 18.4 Å². The van der Waals surface area contributed by atoms with Crippen molar-refractivity contribution in [3.05, 3.63) is 23.3 Å². The Bertz CT molecular complexity index is 580. The molecule has 0 atom stereocenters. The highest BCUT2D eigenvalue weighted by Crippen LogP contribution is 2.26. The highest BCUT2D eigenvalue weighted by molar-refractivity contribution is 7.89. The first kappa shape index (κ1) is 15.5. The fourth-order valence-corrected chi connectivity index (χ4v) is 2.98. The van der Waals surface area contributed by atoms with E-state index in [0.29, 0.717) is 11.3 Å². The second-order valence-electron chi connectivity index (χ2n) is 4.06. The van der Waals surface area contributed by atoms with Gasteiger partial charge in [0.15, 0.2) is 0 Å². The predicted molar refractivity (Wildman–Crippen MR) is 69.9 cm³/mol. The van der Waals surface area contributed by atoms with Gasteiger partial charge in [0.2, 0.25) is 10.0 Å². The Labute approximate surface area is 112 Å². The van der Waals surface area contributed by atoms with E-state index in [-0.39, 0.29) is 17.9 Å². The molecule has 2 N–H and O–H groups in total. The van der Waals surface area contributed by atoms with Gasteiger partial charge in [0, 0.05) is 6.54 Å². The normalized spacial score (nSPS) is 11.3. The van der Waals surface area contributed by atoms with Crippen molar-refractivity contribution in [2.24, 2.45) is 0 Å². The number of ether oxygens (including phenoxy) is 1. The molecule has 19 heavy (non-hydrogen) atoms. The highest BCUT2D eigenvalue weighted by Gasteiger charge is 2.19. The summed E-state index contributed by atoms with van der Waals surface area (Å²) in [5, 5.41) is 8.50. The number of aliphatic carboxylic acids is 1. The number of carboxylic acid groups (broad SMARTS) is 1. The van der Waals surface area contributed by atoms with Crippen LogP contribution in [0.25, 0.3) is 0 Å². The van der Waals surface area contributed by atoms with E-state index >= 15 is 0 Å². The lowest BCUT2D eigenvalue weighted by atomic mass is 10.1. The van der Waals surface area contributed by atoms with Crippen LogP contribution in [0.2, 0.25) is 0 Å². The van der Waals surface area contributed by atoms with E-state index in [4.69, 9.17) is 9.84 Å². The number of methoxy groups -OCH3 is 1. The van der Waals surface area contributed by atoms with Crippen molar-refractivity contribution < 1.29 is 23.1 Å². The molecule has 0 amide bonds. The van der Waals surface area contributed by atoms with E-state index in [9.17, 15) is 13.2 Å². The lowest BCUT2D eigenvalue weighted by molar-refractivity contribution is -0.136. The number of hydrogen-bond acceptors (Lipinski definition) is 4. The van der Waals surface area contributed by atoms with Crippen LogP contribution in [0.15, 0.2) is 17.0 Å². The van der Waals surface area contributed by atoms with Crippen molar-refractivity contribution >= 4 is 16.0 Å². The van der Waals surface area contributed by atoms with Crippen molar-refractivity contribution in [1.82, 2.24) is 4.72 Å². The molecule has 1 aromatic carbocycles. The van der Waals surface area contributed by atoms with Crippen LogP contribution in [-0.4, -0.2) is 33.1 Å². The van der Waals surface area contributed by atoms with Crippen molar-refractivity contribution in [1.29, 1.82) is 0 Å². The second kappa shape index (κ2) is 6.03. The Morgan fingerprint density at radius 2 is 1.95 bits per heavy atom. The van der Waals surface area contributed by atoms with E-state index in [2.05, 4.69) is 4.72 Å². The third kappa shape index (κ3) is 3.68. The summed E-state index contributed by atoms with van der Waals surface area (Å²) >= 11 is 0. The molecule has 6 nitrogen and oxygen atoms in total. The van der Waals surface area contributed by atoms with E-state index in [1.54, 1.807) is 19.9 Å². The third-order valence-corrected chi connectivity index (χ3v) is 4.43. The van der Waals surface area contributed by atoms with Crippen molar-refractivity contribution in [2.75, 3.05) is 13.7 Å². The molecular formula is C12H17NO5S. The zero-order valence-corrected chi connectivity index (χ0v) is 11.9. The molecule has 7 heteroatoms. The largest absolute Gasteiger partial charge is 0.496 e. The van der Waals surface area contributed by atoms with Crippen LogP contribution in [0.4, 0.5) is 0 Å². The van der Waals surface area contributed by atoms with Crippen LogP contribution in [-0.2, 0) is 14.8 Å². The van der Waals surface area contributed by atoms with Gasteiger partial charge in [-0.1, -0.05) is 0 Å². The topological polar surface area (TPSA) is 92.7 Å². The van der Waals surface area contributed by atoms with E-state index in [0.717, 1.165) is 5.56 Å². The van der Waals surface area contributed by atoms with Gasteiger partial charge in [0.1, 0.15) is 5.75 Å². The van der Waals surface area contributed by atoms with Gasteiger partial charge >= 0.3 is 5.97 Å². The summed E-state index contributed by atoms with van der Waals surface area (Å²) in [5.74, 6) is -0.438. The molecule has 0 saturated carbocycles. The van der Waals surface area contributed by atoms with Gasteiger partial charge in [-0.15, -0.1) is 0 Å². The molecule has 106 valence electrons. The smallest absolute Gasteiger partial charge is 0.304 e. The Hall–Kier alpha value is -1.60. The minimum Gasteiger partial charge on any atom is -0.496 e. The molecule has 0 aliphatic heterocycles. The molecule has 1 aromatic rings. The molecule has 0 saturated heterocycles. The molecule has 1 rings (SSSR count). The van der Waals surface area contributed by atoms with Crippen LogP contribution in [0.1, 0.15) is 17.5 Å². The minimum absolute atomic E-state index is 0.135. The van der Waals surface area contributed by atoms with E-state index < -0.39 is 16.0 Å². The van der Waals surface area contributed by atoms with Gasteiger partial charge in [-0.25, -0.2) is 13.1 Å². The average molecular weight is 287 g/mol. The first-order chi connectivity index (χ1) is 8.79. The monoisotopic (exact) mass is 287 g/mol. The van der Waals surface area contributed by atoms with Crippen molar-refractivity contribution in [3.8, 4) is 5.75 Å². The summed E-state index contributed by atoms with van der Waals surface area (Å²) in [6, 6.07) is 3.03. The van der Waals surface area contributed by atoms with Gasteiger partial charge in [-0.2, -0.15) is 0 Å². The van der Waals surface area contributed by atoms with Gasteiger partial charge in [-0.3, -0.25) is 4.79 Å². The van der Waals surface area contributed by atoms with Crippen LogP contribution in [0.3, 0.4) is 0 Å². The molecule has 0 unspecified atom stereocenters. The Kier molecular flexibility index (Phi) is 4.90. The van der Waals surface area contributed by atoms with Crippen molar-refractivity contribution in [3.63, 3.8) is 0 Å². The molecule has 0 spiro atoms. The molecule has 0 radical (unpaired) electrons. The van der Waals surface area contributed by atoms with Crippen LogP contribution in [0.5, 0.6) is 5.75 Å². The number of nitrogens with one attached hydrogen (secondary N) is 1. The Morgan fingerprint density at radius 1 is 1.32 bits per heavy atom. The predicted octanol–water partition coefficient (Wildman–Crippen LogP) is 1.07. The molecule has 0 aromatic heterocycles. The summed E-state index contributed by atoms with van der Waals surface area (Å²) in [6.45, 7) is 3.32. The molecule has 0 heterocycles. The van der Waals surface area contributed by atoms with Gasteiger partial charge in [-0.05, 0) is 37.1 Å². The summed E-state index contributed by atoms with van der Waals surface area (Å²) < 4.78 is 31.5. The zero-order chi connectivity index (χ0) is 14.6. The lowest BCUT2D eigenvalue weighted by Crippen LogP contribution is -2.27. The molecule has 0 fully saturated rings. The SMILES string of the molecule is COc1ccc(S(=O)(=O)NCCC(=O)O)c(C)c1C. The van der Waals surface area contributed by atoms with Crippen LogP contribution in [0, 0.1) is 13.8 Å². The number of benzene rings is 1. The molecular weight excluding hydrogens is 270 g/mol. The summed E-state index contributed by atoms with van der Waals surface area (Å²) in [6.07, 6.45) is -0.257. The summed E-state index contributed by atoms with van der Waals surface area (Å²) in [5.41, 5.74) is 1.32. The number of hydrogen-bond donors (Lipinski definition) is 2. The maximum atomic E-state index is 12.0. The quantitative estimate of drug-likeness (QED) is 0.816. The molecule has 0 aliphatic rings. The fourth-order valence-electron chi connectivity index (χ4n) is 1.65. The fraction of sp³-hybridized carbons (Fsp3) is 0.417. The Morgan fingerprint density at radius 3 is 2.47 bits per heavy atom. The van der Waals surface area contributed by atoms with E-state index in [1.165, 1.54) is 13.2 Å². The van der Waals surface area contributed by atoms with Crippen molar-refractivity contribution in [2.45, 2.75) is 25.2 Å². The third-order valence-electron chi connectivity index (χ3n) is 2.83. The highest BCUT2D eigenvalue weighted by atomic mass is 32.2. The standard InChI is InChI=1S/C12H17NO5S/c1-8-9(2)11(5-4-10(8)18-3)19(16,17)13-7-6-12(14)15/h4-5,13H,6-7H2,1-3H3,(H,14,15). The minimum atomic E-state index is -3.70. The number of sulfonamides is 1.